The number of nitrogens with zero attached hydrogens (tertiary/aromatic N) is 3. The van der Waals surface area contributed by atoms with Crippen LogP contribution in [-0.2, 0) is 20.9 Å². The SMILES string of the molecule is CC(CC(=O)N(CC(=O)N1CC(=O)N(c2ccc(Cl)cc2)C1)Cc1ccco1)CC(C)(C)C. The predicted molar refractivity (Wildman–Crippen MR) is 127 cm³/mol. The first-order valence-corrected chi connectivity index (χ1v) is 11.5. The summed E-state index contributed by atoms with van der Waals surface area (Å²) < 4.78 is 5.42. The fourth-order valence-corrected chi connectivity index (χ4v) is 4.32. The summed E-state index contributed by atoms with van der Waals surface area (Å²) >= 11 is 5.94. The number of rotatable bonds is 8. The standard InChI is InChI=1S/C25H32ClN3O4/c1-18(13-25(2,3)4)12-22(30)27(14-21-6-5-11-33-21)15-23(31)28-16-24(32)29(17-28)20-9-7-19(26)8-10-20/h5-11,18H,12-17H2,1-4H3. The molecule has 0 radical (unpaired) electrons. The van der Waals surface area contributed by atoms with Gasteiger partial charge in [0.15, 0.2) is 0 Å². The fourth-order valence-electron chi connectivity index (χ4n) is 4.19. The first kappa shape index (κ1) is 24.8. The minimum absolute atomic E-state index is 0.0231. The molecule has 1 aliphatic heterocycles. The highest BCUT2D eigenvalue weighted by Gasteiger charge is 2.33. The molecule has 1 saturated heterocycles. The molecule has 2 aromatic rings. The molecule has 0 N–H and O–H groups in total. The van der Waals surface area contributed by atoms with Crippen LogP contribution < -0.4 is 4.90 Å². The van der Waals surface area contributed by atoms with Crippen LogP contribution in [0.1, 0.15) is 46.3 Å². The Bertz CT molecular complexity index is 967. The number of hydrogen-bond acceptors (Lipinski definition) is 4. The lowest BCUT2D eigenvalue weighted by Gasteiger charge is -2.27. The lowest BCUT2D eigenvalue weighted by atomic mass is 9.84. The average molecular weight is 474 g/mol. The molecule has 3 rings (SSSR count). The third-order valence-electron chi connectivity index (χ3n) is 5.52. The van der Waals surface area contributed by atoms with Gasteiger partial charge in [0.1, 0.15) is 25.5 Å². The van der Waals surface area contributed by atoms with E-state index in [4.69, 9.17) is 16.0 Å². The predicted octanol–water partition coefficient (Wildman–Crippen LogP) is 4.56. The summed E-state index contributed by atoms with van der Waals surface area (Å²) in [7, 11) is 0. The van der Waals surface area contributed by atoms with Crippen molar-refractivity contribution in [3.05, 3.63) is 53.4 Å². The molecule has 0 aliphatic carbocycles. The van der Waals surface area contributed by atoms with Crippen molar-refractivity contribution >= 4 is 35.0 Å². The molecule has 178 valence electrons. The van der Waals surface area contributed by atoms with Crippen LogP contribution in [0.2, 0.25) is 5.02 Å². The van der Waals surface area contributed by atoms with Gasteiger partial charge in [-0.25, -0.2) is 0 Å². The Hall–Kier alpha value is -2.80. The number of carbonyl (C=O) groups excluding carboxylic acids is 3. The molecule has 1 aromatic carbocycles. The molecule has 3 amide bonds. The molecule has 1 atom stereocenters. The minimum atomic E-state index is -0.275. The maximum atomic E-state index is 13.1. The highest BCUT2D eigenvalue weighted by atomic mass is 35.5. The molecule has 33 heavy (non-hydrogen) atoms. The highest BCUT2D eigenvalue weighted by molar-refractivity contribution is 6.30. The van der Waals surface area contributed by atoms with Crippen LogP contribution in [0.15, 0.2) is 47.1 Å². The van der Waals surface area contributed by atoms with Crippen LogP contribution in [0.3, 0.4) is 0 Å². The van der Waals surface area contributed by atoms with Crippen molar-refractivity contribution in [1.82, 2.24) is 9.80 Å². The van der Waals surface area contributed by atoms with Crippen molar-refractivity contribution in [2.75, 3.05) is 24.7 Å². The number of amides is 3. The summed E-state index contributed by atoms with van der Waals surface area (Å²) in [4.78, 5) is 43.3. The van der Waals surface area contributed by atoms with E-state index in [0.717, 1.165) is 6.42 Å². The van der Waals surface area contributed by atoms with Crippen molar-refractivity contribution in [2.24, 2.45) is 11.3 Å². The van der Waals surface area contributed by atoms with E-state index in [0.29, 0.717) is 22.9 Å². The number of furan rings is 1. The normalized spacial score (nSPS) is 15.1. The summed E-state index contributed by atoms with van der Waals surface area (Å²) in [5, 5.41) is 0.575. The molecule has 0 bridgehead atoms. The average Bonchev–Trinajstić information content (AvgIpc) is 3.36. The molecule has 1 fully saturated rings. The number of benzene rings is 1. The monoisotopic (exact) mass is 473 g/mol. The van der Waals surface area contributed by atoms with E-state index in [1.807, 2.05) is 0 Å². The molecule has 0 spiro atoms. The first-order valence-electron chi connectivity index (χ1n) is 11.2. The molecule has 8 heteroatoms. The Balaban J connectivity index is 1.67. The molecule has 2 heterocycles. The molecule has 7 nitrogen and oxygen atoms in total. The summed E-state index contributed by atoms with van der Waals surface area (Å²) in [6, 6.07) is 10.4. The Kier molecular flexibility index (Phi) is 7.84. The van der Waals surface area contributed by atoms with Gasteiger partial charge in [-0.2, -0.15) is 0 Å². The number of hydrogen-bond donors (Lipinski definition) is 0. The first-order chi connectivity index (χ1) is 15.5. The van der Waals surface area contributed by atoms with E-state index in [9.17, 15) is 14.4 Å². The zero-order valence-electron chi connectivity index (χ0n) is 19.7. The van der Waals surface area contributed by atoms with E-state index >= 15 is 0 Å². The lowest BCUT2D eigenvalue weighted by Crippen LogP contribution is -2.42. The van der Waals surface area contributed by atoms with E-state index in [1.54, 1.807) is 47.6 Å². The van der Waals surface area contributed by atoms with Crippen LogP contribution in [0.5, 0.6) is 0 Å². The van der Waals surface area contributed by atoms with E-state index < -0.39 is 0 Å². The molecular weight excluding hydrogens is 442 g/mol. The molecular formula is C25H32ClN3O4. The van der Waals surface area contributed by atoms with Crippen molar-refractivity contribution in [3.63, 3.8) is 0 Å². The third-order valence-corrected chi connectivity index (χ3v) is 5.77. The number of carbonyl (C=O) groups is 3. The van der Waals surface area contributed by atoms with Gasteiger partial charge in [0.2, 0.25) is 17.7 Å². The largest absolute Gasteiger partial charge is 0.467 e. The zero-order chi connectivity index (χ0) is 24.2. The van der Waals surface area contributed by atoms with E-state index in [2.05, 4.69) is 27.7 Å². The second kappa shape index (κ2) is 10.4. The topological polar surface area (TPSA) is 74.1 Å². The van der Waals surface area contributed by atoms with Gasteiger partial charge < -0.3 is 14.2 Å². The Morgan fingerprint density at radius 1 is 1.18 bits per heavy atom. The molecule has 1 aliphatic rings. The maximum absolute atomic E-state index is 13.1. The molecule has 1 unspecified atom stereocenters. The van der Waals surface area contributed by atoms with Crippen molar-refractivity contribution < 1.29 is 18.8 Å². The van der Waals surface area contributed by atoms with Crippen LogP contribution in [0, 0.1) is 11.3 Å². The fraction of sp³-hybridized carbons (Fsp3) is 0.480. The van der Waals surface area contributed by atoms with Crippen LogP contribution in [0.4, 0.5) is 5.69 Å². The van der Waals surface area contributed by atoms with Crippen LogP contribution in [0.25, 0.3) is 0 Å². The van der Waals surface area contributed by atoms with Crippen LogP contribution in [-0.4, -0.2) is 47.3 Å². The highest BCUT2D eigenvalue weighted by Crippen LogP contribution is 2.27. The number of halogens is 1. The Labute approximate surface area is 200 Å². The third kappa shape index (κ3) is 7.09. The zero-order valence-corrected chi connectivity index (χ0v) is 20.5. The Morgan fingerprint density at radius 3 is 2.48 bits per heavy atom. The summed E-state index contributed by atoms with van der Waals surface area (Å²) in [6.45, 7) is 8.72. The summed E-state index contributed by atoms with van der Waals surface area (Å²) in [5.41, 5.74) is 0.793. The summed E-state index contributed by atoms with van der Waals surface area (Å²) in [6.07, 6.45) is 2.80. The molecule has 1 aromatic heterocycles. The van der Waals surface area contributed by atoms with Gasteiger partial charge in [-0.15, -0.1) is 0 Å². The number of anilines is 1. The van der Waals surface area contributed by atoms with Crippen molar-refractivity contribution in [2.45, 2.75) is 47.1 Å². The maximum Gasteiger partial charge on any atom is 0.248 e. The van der Waals surface area contributed by atoms with Gasteiger partial charge in [0.25, 0.3) is 0 Å². The van der Waals surface area contributed by atoms with Gasteiger partial charge in [-0.1, -0.05) is 39.3 Å². The Morgan fingerprint density at radius 2 is 1.88 bits per heavy atom. The second-order valence-electron chi connectivity index (χ2n) is 9.93. The van der Waals surface area contributed by atoms with Gasteiger partial charge >= 0.3 is 0 Å². The van der Waals surface area contributed by atoms with Gasteiger partial charge in [0, 0.05) is 17.1 Å². The van der Waals surface area contributed by atoms with Crippen molar-refractivity contribution in [3.8, 4) is 0 Å². The van der Waals surface area contributed by atoms with Crippen LogP contribution >= 0.6 is 11.6 Å². The van der Waals surface area contributed by atoms with Gasteiger partial charge in [0.05, 0.1) is 12.8 Å². The summed E-state index contributed by atoms with van der Waals surface area (Å²) in [5.74, 6) is 0.244. The quantitative estimate of drug-likeness (QED) is 0.563. The van der Waals surface area contributed by atoms with Crippen molar-refractivity contribution in [1.29, 1.82) is 0 Å². The smallest absolute Gasteiger partial charge is 0.248 e. The second-order valence-corrected chi connectivity index (χ2v) is 10.4. The minimum Gasteiger partial charge on any atom is -0.467 e. The van der Waals surface area contributed by atoms with E-state index in [-0.39, 0.29) is 55.4 Å². The lowest BCUT2D eigenvalue weighted by molar-refractivity contribution is -0.141. The molecule has 0 saturated carbocycles. The van der Waals surface area contributed by atoms with Gasteiger partial charge in [-0.3, -0.25) is 19.3 Å². The van der Waals surface area contributed by atoms with Gasteiger partial charge in [-0.05, 0) is 54.2 Å². The van der Waals surface area contributed by atoms with E-state index in [1.165, 1.54) is 9.80 Å².